The second-order valence-electron chi connectivity index (χ2n) is 6.80. The molecule has 0 atom stereocenters. The molecule has 4 aromatic rings. The van der Waals surface area contributed by atoms with Gasteiger partial charge in [-0.25, -0.2) is 14.6 Å². The van der Waals surface area contributed by atoms with E-state index in [4.69, 9.17) is 10.1 Å². The summed E-state index contributed by atoms with van der Waals surface area (Å²) >= 11 is 3.59. The molecule has 0 bridgehead atoms. The molecule has 6 nitrogen and oxygen atoms in total. The molecule has 0 amide bonds. The summed E-state index contributed by atoms with van der Waals surface area (Å²) in [7, 11) is 0. The minimum atomic E-state index is 0.645. The highest BCUT2D eigenvalue weighted by molar-refractivity contribution is 9.10. The first kappa shape index (κ1) is 16.4. The maximum atomic E-state index is 4.87. The average Bonchev–Trinajstić information content (AvgIpc) is 3.18. The van der Waals surface area contributed by atoms with Crippen molar-refractivity contribution in [3.05, 3.63) is 75.8 Å². The van der Waals surface area contributed by atoms with Gasteiger partial charge in [-0.1, -0.05) is 22.0 Å². The van der Waals surface area contributed by atoms with Crippen LogP contribution in [0.3, 0.4) is 0 Å². The van der Waals surface area contributed by atoms with Crippen molar-refractivity contribution in [1.29, 1.82) is 0 Å². The van der Waals surface area contributed by atoms with Gasteiger partial charge in [-0.2, -0.15) is 5.10 Å². The first-order valence-corrected chi connectivity index (χ1v) is 9.56. The fourth-order valence-corrected chi connectivity index (χ4v) is 3.82. The molecule has 0 aliphatic carbocycles. The number of halogens is 1. The van der Waals surface area contributed by atoms with Crippen LogP contribution < -0.4 is 0 Å². The molecule has 1 aliphatic rings. The Morgan fingerprint density at radius 3 is 2.81 bits per heavy atom. The van der Waals surface area contributed by atoms with E-state index in [9.17, 15) is 0 Å². The van der Waals surface area contributed by atoms with E-state index in [1.54, 1.807) is 0 Å². The van der Waals surface area contributed by atoms with Gasteiger partial charge in [-0.15, -0.1) is 0 Å². The smallest absolute Gasteiger partial charge is 0.160 e. The third-order valence-electron chi connectivity index (χ3n) is 4.88. The number of nitrogens with zero attached hydrogens (tertiary/aromatic N) is 6. The number of fused-ring (bicyclic) bond motifs is 5. The number of hydrogen-bond acceptors (Lipinski definition) is 4. The highest BCUT2D eigenvalue weighted by Crippen LogP contribution is 2.33. The molecule has 134 valence electrons. The van der Waals surface area contributed by atoms with E-state index in [-0.39, 0.29) is 0 Å². The van der Waals surface area contributed by atoms with Gasteiger partial charge in [-0.05, 0) is 43.7 Å². The summed E-state index contributed by atoms with van der Waals surface area (Å²) in [6, 6.07) is 10.3. The third kappa shape index (κ3) is 2.78. The van der Waals surface area contributed by atoms with Crippen LogP contribution >= 0.6 is 15.9 Å². The number of rotatable bonds is 2. The van der Waals surface area contributed by atoms with E-state index in [1.807, 2.05) is 43.2 Å². The van der Waals surface area contributed by atoms with Crippen molar-refractivity contribution in [2.75, 3.05) is 0 Å². The van der Waals surface area contributed by atoms with E-state index >= 15 is 0 Å². The van der Waals surface area contributed by atoms with Crippen molar-refractivity contribution >= 4 is 15.9 Å². The summed E-state index contributed by atoms with van der Waals surface area (Å²) in [5.74, 6) is 1.68. The molecular formula is C20H17BrN6. The quantitative estimate of drug-likeness (QED) is 0.434. The van der Waals surface area contributed by atoms with Gasteiger partial charge in [0.25, 0.3) is 0 Å². The summed E-state index contributed by atoms with van der Waals surface area (Å²) in [4.78, 5) is 13.7. The minimum Gasteiger partial charge on any atom is -0.300 e. The minimum absolute atomic E-state index is 0.645. The molecule has 0 saturated carbocycles. The highest BCUT2D eigenvalue weighted by atomic mass is 79.9. The summed E-state index contributed by atoms with van der Waals surface area (Å²) < 4.78 is 5.13. The van der Waals surface area contributed by atoms with Gasteiger partial charge in [-0.3, -0.25) is 4.98 Å². The molecule has 5 rings (SSSR count). The topological polar surface area (TPSA) is 61.4 Å². The Morgan fingerprint density at radius 2 is 2.00 bits per heavy atom. The van der Waals surface area contributed by atoms with Gasteiger partial charge < -0.3 is 4.57 Å². The number of benzene rings is 1. The lowest BCUT2D eigenvalue weighted by Gasteiger charge is -2.08. The van der Waals surface area contributed by atoms with Crippen LogP contribution in [-0.2, 0) is 13.0 Å². The number of hydrogen-bond donors (Lipinski definition) is 0. The van der Waals surface area contributed by atoms with Gasteiger partial charge >= 0.3 is 0 Å². The van der Waals surface area contributed by atoms with Crippen molar-refractivity contribution in [2.45, 2.75) is 26.8 Å². The molecule has 7 heteroatoms. The zero-order chi connectivity index (χ0) is 18.5. The SMILES string of the molecule is Cc1ccc(Cc2nc3n(n2)Cc2c(C)ncn2-c2ccc(Br)cc2-3)cn1. The summed E-state index contributed by atoms with van der Waals surface area (Å²) in [5.41, 5.74) is 6.37. The van der Waals surface area contributed by atoms with Crippen LogP contribution in [0.5, 0.6) is 0 Å². The Kier molecular flexibility index (Phi) is 3.72. The Bertz CT molecular complexity index is 1160. The molecule has 3 aromatic heterocycles. The Hall–Kier alpha value is -2.80. The van der Waals surface area contributed by atoms with Crippen molar-refractivity contribution < 1.29 is 0 Å². The molecule has 1 aromatic carbocycles. The molecule has 0 radical (unpaired) electrons. The third-order valence-corrected chi connectivity index (χ3v) is 5.38. The molecule has 0 fully saturated rings. The maximum Gasteiger partial charge on any atom is 0.160 e. The predicted molar refractivity (Wildman–Crippen MR) is 106 cm³/mol. The van der Waals surface area contributed by atoms with E-state index in [0.717, 1.165) is 50.0 Å². The largest absolute Gasteiger partial charge is 0.300 e. The van der Waals surface area contributed by atoms with E-state index in [1.165, 1.54) is 0 Å². The zero-order valence-corrected chi connectivity index (χ0v) is 16.6. The Balaban J connectivity index is 1.64. The highest BCUT2D eigenvalue weighted by Gasteiger charge is 2.24. The fraction of sp³-hybridized carbons (Fsp3) is 0.200. The van der Waals surface area contributed by atoms with Crippen molar-refractivity contribution in [3.63, 3.8) is 0 Å². The van der Waals surface area contributed by atoms with Gasteiger partial charge in [0, 0.05) is 28.3 Å². The Morgan fingerprint density at radius 1 is 1.11 bits per heavy atom. The normalized spacial score (nSPS) is 12.3. The molecule has 0 saturated heterocycles. The second kappa shape index (κ2) is 6.13. The van der Waals surface area contributed by atoms with Crippen LogP contribution in [0.2, 0.25) is 0 Å². The average molecular weight is 421 g/mol. The van der Waals surface area contributed by atoms with Gasteiger partial charge in [0.15, 0.2) is 11.6 Å². The van der Waals surface area contributed by atoms with Crippen molar-refractivity contribution in [2.24, 2.45) is 0 Å². The van der Waals surface area contributed by atoms with Crippen LogP contribution in [0.4, 0.5) is 0 Å². The summed E-state index contributed by atoms with van der Waals surface area (Å²) in [6.45, 7) is 4.67. The summed E-state index contributed by atoms with van der Waals surface area (Å²) in [6.07, 6.45) is 4.43. The van der Waals surface area contributed by atoms with Crippen LogP contribution in [-0.4, -0.2) is 29.3 Å². The number of imidazole rings is 1. The lowest BCUT2D eigenvalue weighted by atomic mass is 10.1. The van der Waals surface area contributed by atoms with E-state index in [2.05, 4.69) is 48.7 Å². The standard InChI is InChI=1S/C20H17BrN6/c1-12-3-4-14(9-22-12)7-19-24-20-16-8-15(21)5-6-17(16)26-11-23-13(2)18(26)10-27(20)25-19/h3-6,8-9,11H,7,10H2,1-2H3. The lowest BCUT2D eigenvalue weighted by molar-refractivity contribution is 0.664. The number of aryl methyl sites for hydroxylation is 2. The lowest BCUT2D eigenvalue weighted by Crippen LogP contribution is -2.06. The molecular weight excluding hydrogens is 404 g/mol. The van der Waals surface area contributed by atoms with Crippen LogP contribution in [0.1, 0.15) is 28.5 Å². The molecule has 0 unspecified atom stereocenters. The van der Waals surface area contributed by atoms with Crippen molar-refractivity contribution in [1.82, 2.24) is 29.3 Å². The molecule has 27 heavy (non-hydrogen) atoms. The van der Waals surface area contributed by atoms with Gasteiger partial charge in [0.05, 0.1) is 29.9 Å². The molecule has 4 heterocycles. The number of aromatic nitrogens is 6. The second-order valence-corrected chi connectivity index (χ2v) is 7.72. The van der Waals surface area contributed by atoms with Crippen LogP contribution in [0.25, 0.3) is 17.1 Å². The zero-order valence-electron chi connectivity index (χ0n) is 15.0. The molecule has 1 aliphatic heterocycles. The first-order chi connectivity index (χ1) is 13.1. The molecule has 0 N–H and O–H groups in total. The maximum absolute atomic E-state index is 4.87. The van der Waals surface area contributed by atoms with Crippen molar-refractivity contribution in [3.8, 4) is 17.1 Å². The Labute approximate surface area is 165 Å². The monoisotopic (exact) mass is 420 g/mol. The fourth-order valence-electron chi connectivity index (χ4n) is 3.46. The predicted octanol–water partition coefficient (Wildman–Crippen LogP) is 3.86. The van der Waals surface area contributed by atoms with E-state index < -0.39 is 0 Å². The van der Waals surface area contributed by atoms with Gasteiger partial charge in [0.2, 0.25) is 0 Å². The van der Waals surface area contributed by atoms with E-state index in [0.29, 0.717) is 13.0 Å². The molecule has 0 spiro atoms. The summed E-state index contributed by atoms with van der Waals surface area (Å²) in [5, 5.41) is 4.80. The van der Waals surface area contributed by atoms with Crippen LogP contribution in [0, 0.1) is 13.8 Å². The number of pyridine rings is 1. The van der Waals surface area contributed by atoms with Crippen LogP contribution in [0.15, 0.2) is 47.3 Å². The first-order valence-electron chi connectivity index (χ1n) is 8.77. The van der Waals surface area contributed by atoms with Gasteiger partial charge in [0.1, 0.15) is 0 Å².